The molecular weight excluding hydrogens is 386 g/mol. The van der Waals surface area contributed by atoms with E-state index in [1.54, 1.807) is 12.1 Å². The highest BCUT2D eigenvalue weighted by Crippen LogP contribution is 2.20. The molecule has 0 radical (unpaired) electrons. The van der Waals surface area contributed by atoms with Crippen molar-refractivity contribution in [2.45, 2.75) is 13.3 Å². The number of rotatable bonds is 5. The molecule has 0 atom stereocenters. The van der Waals surface area contributed by atoms with E-state index in [-0.39, 0.29) is 11.8 Å². The molecule has 158 valence electrons. The number of piperazine rings is 1. The van der Waals surface area contributed by atoms with E-state index in [0.29, 0.717) is 12.0 Å². The number of amides is 2. The third-order valence-electron chi connectivity index (χ3n) is 5.60. The van der Waals surface area contributed by atoms with Crippen molar-refractivity contribution in [3.05, 3.63) is 95.6 Å². The maximum atomic E-state index is 12.7. The van der Waals surface area contributed by atoms with Crippen molar-refractivity contribution in [2.75, 3.05) is 36.4 Å². The van der Waals surface area contributed by atoms with Crippen LogP contribution in [0.25, 0.3) is 0 Å². The summed E-state index contributed by atoms with van der Waals surface area (Å²) in [5.74, 6) is 0.0679. The molecule has 0 bridgehead atoms. The average Bonchev–Trinajstić information content (AvgIpc) is 2.80. The quantitative estimate of drug-likeness (QED) is 0.684. The molecule has 31 heavy (non-hydrogen) atoms. The highest BCUT2D eigenvalue weighted by atomic mass is 16.2. The Kier molecular flexibility index (Phi) is 6.32. The van der Waals surface area contributed by atoms with Crippen LogP contribution in [0.2, 0.25) is 0 Å². The second kappa shape index (κ2) is 9.47. The number of hydrogen-bond acceptors (Lipinski definition) is 3. The SMILES string of the molecule is Cc1cccc(CC(=O)N2CCN(c3ccc(NC(=O)c4ccccc4)cc3)CC2)c1. The van der Waals surface area contributed by atoms with Gasteiger partial charge < -0.3 is 15.1 Å². The largest absolute Gasteiger partial charge is 0.368 e. The lowest BCUT2D eigenvalue weighted by atomic mass is 10.1. The van der Waals surface area contributed by atoms with Gasteiger partial charge in [-0.05, 0) is 48.9 Å². The van der Waals surface area contributed by atoms with Crippen LogP contribution in [0.1, 0.15) is 21.5 Å². The van der Waals surface area contributed by atoms with Crippen LogP contribution in [0, 0.1) is 6.92 Å². The van der Waals surface area contributed by atoms with Crippen molar-refractivity contribution < 1.29 is 9.59 Å². The smallest absolute Gasteiger partial charge is 0.255 e. The lowest BCUT2D eigenvalue weighted by Crippen LogP contribution is -2.49. The first kappa shape index (κ1) is 20.7. The fraction of sp³-hybridized carbons (Fsp3) is 0.231. The highest BCUT2D eigenvalue weighted by molar-refractivity contribution is 6.04. The summed E-state index contributed by atoms with van der Waals surface area (Å²) in [4.78, 5) is 29.2. The van der Waals surface area contributed by atoms with E-state index in [4.69, 9.17) is 0 Å². The van der Waals surface area contributed by atoms with E-state index < -0.39 is 0 Å². The molecule has 1 saturated heterocycles. The van der Waals surface area contributed by atoms with Gasteiger partial charge in [0.2, 0.25) is 5.91 Å². The molecule has 4 rings (SSSR count). The molecule has 0 aromatic heterocycles. The Labute approximate surface area is 183 Å². The minimum atomic E-state index is -0.117. The molecule has 0 unspecified atom stereocenters. The van der Waals surface area contributed by atoms with Crippen LogP contribution in [0.3, 0.4) is 0 Å². The molecule has 1 heterocycles. The third kappa shape index (κ3) is 5.31. The second-order valence-corrected chi connectivity index (χ2v) is 7.90. The Bertz CT molecular complexity index is 1040. The minimum Gasteiger partial charge on any atom is -0.368 e. The van der Waals surface area contributed by atoms with E-state index in [1.165, 1.54) is 5.56 Å². The van der Waals surface area contributed by atoms with Crippen molar-refractivity contribution in [2.24, 2.45) is 0 Å². The second-order valence-electron chi connectivity index (χ2n) is 7.90. The molecule has 1 aliphatic rings. The van der Waals surface area contributed by atoms with Crippen LogP contribution in [0.15, 0.2) is 78.9 Å². The van der Waals surface area contributed by atoms with Gasteiger partial charge in [-0.3, -0.25) is 9.59 Å². The Morgan fingerprint density at radius 2 is 1.55 bits per heavy atom. The summed E-state index contributed by atoms with van der Waals surface area (Å²) in [6.45, 7) is 5.09. The van der Waals surface area contributed by atoms with E-state index in [0.717, 1.165) is 43.1 Å². The van der Waals surface area contributed by atoms with E-state index >= 15 is 0 Å². The molecule has 1 N–H and O–H groups in total. The summed E-state index contributed by atoms with van der Waals surface area (Å²) >= 11 is 0. The number of hydrogen-bond donors (Lipinski definition) is 1. The standard InChI is InChI=1S/C26H27N3O2/c1-20-6-5-7-21(18-20)19-25(30)29-16-14-28(15-17-29)24-12-10-23(11-13-24)27-26(31)22-8-3-2-4-9-22/h2-13,18H,14-17,19H2,1H3,(H,27,31). The van der Waals surface area contributed by atoms with Crippen LogP contribution in [0.4, 0.5) is 11.4 Å². The molecule has 5 nitrogen and oxygen atoms in total. The van der Waals surface area contributed by atoms with Gasteiger partial charge in [0.25, 0.3) is 5.91 Å². The van der Waals surface area contributed by atoms with E-state index in [2.05, 4.69) is 16.3 Å². The zero-order valence-corrected chi connectivity index (χ0v) is 17.8. The molecule has 0 spiro atoms. The summed E-state index contributed by atoms with van der Waals surface area (Å²) in [6.07, 6.45) is 0.456. The fourth-order valence-corrected chi connectivity index (χ4v) is 3.87. The van der Waals surface area contributed by atoms with Crippen molar-refractivity contribution in [3.8, 4) is 0 Å². The van der Waals surface area contributed by atoms with Crippen LogP contribution in [-0.2, 0) is 11.2 Å². The number of carbonyl (C=O) groups is 2. The minimum absolute atomic E-state index is 0.117. The Morgan fingerprint density at radius 3 is 2.23 bits per heavy atom. The predicted molar refractivity (Wildman–Crippen MR) is 125 cm³/mol. The van der Waals surface area contributed by atoms with Gasteiger partial charge in [-0.15, -0.1) is 0 Å². The lowest BCUT2D eigenvalue weighted by molar-refractivity contribution is -0.130. The van der Waals surface area contributed by atoms with Gasteiger partial charge in [0.15, 0.2) is 0 Å². The Hall–Kier alpha value is -3.60. The number of nitrogens with zero attached hydrogens (tertiary/aromatic N) is 2. The fourth-order valence-electron chi connectivity index (χ4n) is 3.87. The van der Waals surface area contributed by atoms with Gasteiger partial charge >= 0.3 is 0 Å². The van der Waals surface area contributed by atoms with Gasteiger partial charge in [0, 0.05) is 43.1 Å². The van der Waals surface area contributed by atoms with Gasteiger partial charge in [0.1, 0.15) is 0 Å². The molecule has 3 aromatic rings. The molecule has 2 amide bonds. The van der Waals surface area contributed by atoms with Crippen molar-refractivity contribution >= 4 is 23.2 Å². The molecule has 0 aliphatic carbocycles. The highest BCUT2D eigenvalue weighted by Gasteiger charge is 2.21. The first-order valence-corrected chi connectivity index (χ1v) is 10.6. The summed E-state index contributed by atoms with van der Waals surface area (Å²) in [6, 6.07) is 25.2. The maximum Gasteiger partial charge on any atom is 0.255 e. The first-order chi connectivity index (χ1) is 15.1. The molecule has 3 aromatic carbocycles. The van der Waals surface area contributed by atoms with E-state index in [9.17, 15) is 9.59 Å². The maximum absolute atomic E-state index is 12.7. The van der Waals surface area contributed by atoms with Gasteiger partial charge in [0.05, 0.1) is 6.42 Å². The summed E-state index contributed by atoms with van der Waals surface area (Å²) < 4.78 is 0. The average molecular weight is 414 g/mol. The molecule has 5 heteroatoms. The van der Waals surface area contributed by atoms with E-state index in [1.807, 2.05) is 72.5 Å². The molecule has 1 aliphatic heterocycles. The number of anilines is 2. The summed E-state index contributed by atoms with van der Waals surface area (Å²) in [5, 5.41) is 2.93. The first-order valence-electron chi connectivity index (χ1n) is 10.6. The Balaban J connectivity index is 1.29. The van der Waals surface area contributed by atoms with Gasteiger partial charge in [-0.1, -0.05) is 48.0 Å². The predicted octanol–water partition coefficient (Wildman–Crippen LogP) is 4.14. The lowest BCUT2D eigenvalue weighted by Gasteiger charge is -2.36. The number of benzene rings is 3. The zero-order chi connectivity index (χ0) is 21.6. The topological polar surface area (TPSA) is 52.7 Å². The molecular formula is C26H27N3O2. The van der Waals surface area contributed by atoms with Crippen molar-refractivity contribution in [1.82, 2.24) is 4.90 Å². The molecule has 0 saturated carbocycles. The van der Waals surface area contributed by atoms with Crippen LogP contribution in [-0.4, -0.2) is 42.9 Å². The summed E-state index contributed by atoms with van der Waals surface area (Å²) in [7, 11) is 0. The number of aryl methyl sites for hydroxylation is 1. The molecule has 1 fully saturated rings. The van der Waals surface area contributed by atoms with Gasteiger partial charge in [-0.25, -0.2) is 0 Å². The third-order valence-corrected chi connectivity index (χ3v) is 5.60. The van der Waals surface area contributed by atoms with Crippen LogP contribution >= 0.6 is 0 Å². The van der Waals surface area contributed by atoms with Crippen LogP contribution < -0.4 is 10.2 Å². The summed E-state index contributed by atoms with van der Waals surface area (Å²) in [5.41, 5.74) is 4.75. The van der Waals surface area contributed by atoms with Gasteiger partial charge in [-0.2, -0.15) is 0 Å². The van der Waals surface area contributed by atoms with Crippen molar-refractivity contribution in [3.63, 3.8) is 0 Å². The Morgan fingerprint density at radius 1 is 0.839 bits per heavy atom. The van der Waals surface area contributed by atoms with Crippen molar-refractivity contribution in [1.29, 1.82) is 0 Å². The monoisotopic (exact) mass is 413 g/mol. The number of nitrogens with one attached hydrogen (secondary N) is 1. The normalized spacial score (nSPS) is 13.7. The number of carbonyl (C=O) groups excluding carboxylic acids is 2. The zero-order valence-electron chi connectivity index (χ0n) is 17.8. The van der Waals surface area contributed by atoms with Crippen LogP contribution in [0.5, 0.6) is 0 Å².